The van der Waals surface area contributed by atoms with Crippen LogP contribution in [0.4, 0.5) is 24.5 Å². The number of para-hydroxylation sites is 1. The molecule has 2 aromatic rings. The van der Waals surface area contributed by atoms with Crippen molar-refractivity contribution in [1.29, 1.82) is 0 Å². The number of fused-ring (bicyclic) bond motifs is 1. The molecule has 0 amide bonds. The fourth-order valence-corrected chi connectivity index (χ4v) is 3.90. The average molecular weight is 342 g/mol. The van der Waals surface area contributed by atoms with Crippen molar-refractivity contribution in [3.05, 3.63) is 59.4 Å². The van der Waals surface area contributed by atoms with Gasteiger partial charge in [0.25, 0.3) is 0 Å². The molecule has 1 aliphatic rings. The first-order valence-electron chi connectivity index (χ1n) is 6.92. The number of halogens is 3. The van der Waals surface area contributed by atoms with Gasteiger partial charge in [-0.1, -0.05) is 18.2 Å². The highest BCUT2D eigenvalue weighted by Gasteiger charge is 2.28. The lowest BCUT2D eigenvalue weighted by Crippen LogP contribution is -2.39. The van der Waals surface area contributed by atoms with Gasteiger partial charge in [0.1, 0.15) is 0 Å². The fraction of sp³-hybridized carbons (Fsp3) is 0.200. The van der Waals surface area contributed by atoms with Crippen molar-refractivity contribution in [3.8, 4) is 0 Å². The standard InChI is InChI=1S/C15H13F3N2O2S/c16-11-7-8-12(15(18)14(11)17)19-23(21,22)20-9-3-5-10-4-1-2-6-13(10)20/h1-2,4,6-8,19H,3,5,9H2. The molecule has 0 unspecified atom stereocenters. The summed E-state index contributed by atoms with van der Waals surface area (Å²) in [7, 11) is -4.15. The maximum Gasteiger partial charge on any atom is 0.324 e. The Kier molecular flexibility index (Phi) is 3.93. The Bertz CT molecular complexity index is 856. The van der Waals surface area contributed by atoms with Crippen molar-refractivity contribution in [2.45, 2.75) is 12.8 Å². The molecule has 0 aromatic heterocycles. The van der Waals surface area contributed by atoms with E-state index in [2.05, 4.69) is 0 Å². The van der Waals surface area contributed by atoms with Gasteiger partial charge in [-0.25, -0.2) is 13.2 Å². The summed E-state index contributed by atoms with van der Waals surface area (Å²) in [6, 6.07) is 8.48. The first-order valence-corrected chi connectivity index (χ1v) is 8.36. The van der Waals surface area contributed by atoms with Gasteiger partial charge in [-0.2, -0.15) is 8.42 Å². The highest BCUT2D eigenvalue weighted by Crippen LogP contribution is 2.30. The molecule has 4 nitrogen and oxygen atoms in total. The first-order chi connectivity index (χ1) is 10.9. The van der Waals surface area contributed by atoms with Crippen LogP contribution in [-0.2, 0) is 16.6 Å². The third kappa shape index (κ3) is 2.86. The van der Waals surface area contributed by atoms with Crippen LogP contribution in [0.3, 0.4) is 0 Å². The molecule has 0 saturated carbocycles. The van der Waals surface area contributed by atoms with E-state index in [1.54, 1.807) is 18.2 Å². The molecule has 0 atom stereocenters. The highest BCUT2D eigenvalue weighted by atomic mass is 32.2. The van der Waals surface area contributed by atoms with Crippen LogP contribution < -0.4 is 9.03 Å². The fourth-order valence-electron chi connectivity index (χ4n) is 2.55. The molecule has 122 valence electrons. The molecule has 1 heterocycles. The monoisotopic (exact) mass is 342 g/mol. The Labute approximate surface area is 131 Å². The minimum atomic E-state index is -4.15. The van der Waals surface area contributed by atoms with Gasteiger partial charge in [-0.3, -0.25) is 9.03 Å². The molecule has 0 fully saturated rings. The second-order valence-corrected chi connectivity index (χ2v) is 6.73. The summed E-state index contributed by atoms with van der Waals surface area (Å²) in [5.74, 6) is -4.67. The van der Waals surface area contributed by atoms with E-state index in [1.807, 2.05) is 10.8 Å². The van der Waals surface area contributed by atoms with Crippen molar-refractivity contribution >= 4 is 21.6 Å². The number of benzene rings is 2. The Morgan fingerprint density at radius 1 is 1.00 bits per heavy atom. The van der Waals surface area contributed by atoms with Gasteiger partial charge in [0.15, 0.2) is 17.5 Å². The predicted octanol–water partition coefficient (Wildman–Crippen LogP) is 3.21. The highest BCUT2D eigenvalue weighted by molar-refractivity contribution is 7.94. The summed E-state index contributed by atoms with van der Waals surface area (Å²) in [6.45, 7) is 0.220. The van der Waals surface area contributed by atoms with E-state index in [4.69, 9.17) is 0 Å². The second-order valence-electron chi connectivity index (χ2n) is 5.13. The molecule has 0 radical (unpaired) electrons. The number of rotatable bonds is 3. The molecular weight excluding hydrogens is 329 g/mol. The Morgan fingerprint density at radius 2 is 1.74 bits per heavy atom. The summed E-state index contributed by atoms with van der Waals surface area (Å²) in [4.78, 5) is 0. The van der Waals surface area contributed by atoms with E-state index in [-0.39, 0.29) is 6.54 Å². The number of nitrogens with one attached hydrogen (secondary N) is 1. The molecule has 0 spiro atoms. The van der Waals surface area contributed by atoms with E-state index >= 15 is 0 Å². The largest absolute Gasteiger partial charge is 0.324 e. The first kappa shape index (κ1) is 15.7. The maximum atomic E-state index is 13.7. The predicted molar refractivity (Wildman–Crippen MR) is 81.0 cm³/mol. The van der Waals surface area contributed by atoms with Gasteiger partial charge in [0.05, 0.1) is 11.4 Å². The minimum absolute atomic E-state index is 0.220. The van der Waals surface area contributed by atoms with Gasteiger partial charge in [-0.05, 0) is 36.6 Å². The van der Waals surface area contributed by atoms with Gasteiger partial charge in [0.2, 0.25) is 0 Å². The zero-order chi connectivity index (χ0) is 16.6. The molecule has 0 saturated heterocycles. The van der Waals surface area contributed by atoms with Gasteiger partial charge >= 0.3 is 10.2 Å². The number of anilines is 2. The summed E-state index contributed by atoms with van der Waals surface area (Å²) >= 11 is 0. The van der Waals surface area contributed by atoms with Crippen LogP contribution in [-0.4, -0.2) is 15.0 Å². The van der Waals surface area contributed by atoms with Crippen LogP contribution in [0.2, 0.25) is 0 Å². The lowest BCUT2D eigenvalue weighted by atomic mass is 10.0. The van der Waals surface area contributed by atoms with Crippen molar-refractivity contribution in [1.82, 2.24) is 0 Å². The van der Waals surface area contributed by atoms with E-state index in [0.717, 1.165) is 22.4 Å². The smallest absolute Gasteiger partial charge is 0.263 e. The number of nitrogens with zero attached hydrogens (tertiary/aromatic N) is 1. The molecular formula is C15H13F3N2O2S. The molecule has 23 heavy (non-hydrogen) atoms. The zero-order valence-corrected chi connectivity index (χ0v) is 12.7. The normalized spacial score (nSPS) is 14.5. The molecule has 0 bridgehead atoms. The van der Waals surface area contributed by atoms with Gasteiger partial charge in [0, 0.05) is 6.54 Å². The minimum Gasteiger partial charge on any atom is -0.263 e. The second kappa shape index (κ2) is 5.77. The van der Waals surface area contributed by atoms with Crippen LogP contribution in [0.25, 0.3) is 0 Å². The van der Waals surface area contributed by atoms with Crippen LogP contribution in [0, 0.1) is 17.5 Å². The summed E-state index contributed by atoms with van der Waals surface area (Å²) < 4.78 is 68.0. The molecule has 8 heteroatoms. The third-order valence-electron chi connectivity index (χ3n) is 3.63. The molecule has 0 aliphatic carbocycles. The Morgan fingerprint density at radius 3 is 2.52 bits per heavy atom. The summed E-state index contributed by atoms with van der Waals surface area (Å²) in [6.07, 6.45) is 1.35. The van der Waals surface area contributed by atoms with Crippen LogP contribution in [0.1, 0.15) is 12.0 Å². The van der Waals surface area contributed by atoms with Crippen LogP contribution in [0.15, 0.2) is 36.4 Å². The van der Waals surface area contributed by atoms with Crippen molar-refractivity contribution in [2.75, 3.05) is 15.6 Å². The Balaban J connectivity index is 1.96. The summed E-state index contributed by atoms with van der Waals surface area (Å²) in [5.41, 5.74) is 0.719. The maximum absolute atomic E-state index is 13.7. The average Bonchev–Trinajstić information content (AvgIpc) is 2.55. The van der Waals surface area contributed by atoms with Crippen molar-refractivity contribution in [2.24, 2.45) is 0 Å². The molecule has 3 rings (SSSR count). The molecule has 1 aliphatic heterocycles. The van der Waals surface area contributed by atoms with Crippen LogP contribution >= 0.6 is 0 Å². The quantitative estimate of drug-likeness (QED) is 0.871. The summed E-state index contributed by atoms with van der Waals surface area (Å²) in [5, 5.41) is 0. The zero-order valence-electron chi connectivity index (χ0n) is 11.9. The van der Waals surface area contributed by atoms with E-state index in [1.165, 1.54) is 0 Å². The molecule has 2 aromatic carbocycles. The van der Waals surface area contributed by atoms with Crippen LogP contribution in [0.5, 0.6) is 0 Å². The van der Waals surface area contributed by atoms with Crippen molar-refractivity contribution in [3.63, 3.8) is 0 Å². The van der Waals surface area contributed by atoms with Gasteiger partial charge < -0.3 is 0 Å². The van der Waals surface area contributed by atoms with Crippen molar-refractivity contribution < 1.29 is 21.6 Å². The lowest BCUT2D eigenvalue weighted by molar-refractivity contribution is 0.449. The van der Waals surface area contributed by atoms with E-state index < -0.39 is 33.3 Å². The molecule has 1 N–H and O–H groups in total. The number of hydrogen-bond acceptors (Lipinski definition) is 2. The number of hydrogen-bond donors (Lipinski definition) is 1. The van der Waals surface area contributed by atoms with Gasteiger partial charge in [-0.15, -0.1) is 0 Å². The van der Waals surface area contributed by atoms with E-state index in [9.17, 15) is 21.6 Å². The topological polar surface area (TPSA) is 49.4 Å². The Hall–Kier alpha value is -2.22. The van der Waals surface area contributed by atoms with E-state index in [0.29, 0.717) is 18.2 Å². The lowest BCUT2D eigenvalue weighted by Gasteiger charge is -2.30. The SMILES string of the molecule is O=S(=O)(Nc1ccc(F)c(F)c1F)N1CCCc2ccccc21. The third-order valence-corrected chi connectivity index (χ3v) is 5.07. The number of aryl methyl sites for hydroxylation is 1.